The first-order chi connectivity index (χ1) is 28.2. The maximum Gasteiger partial charge on any atom is 0.160 e. The lowest BCUT2D eigenvalue weighted by Crippen LogP contribution is -1.95. The van der Waals surface area contributed by atoms with E-state index in [4.69, 9.17) is 19.4 Å². The molecular weight excluding hydrogens is 695 g/mol. The smallest absolute Gasteiger partial charge is 0.160 e. The third kappa shape index (κ3) is 5.74. The molecule has 0 atom stereocenters. The van der Waals surface area contributed by atoms with Gasteiger partial charge >= 0.3 is 0 Å². The molecule has 0 bridgehead atoms. The Hall–Kier alpha value is -7.69. The molecular formula is C53H33N3O. The van der Waals surface area contributed by atoms with Gasteiger partial charge in [0, 0.05) is 54.7 Å². The number of hydrogen-bond donors (Lipinski definition) is 0. The van der Waals surface area contributed by atoms with Gasteiger partial charge in [-0.05, 0) is 47.0 Å². The van der Waals surface area contributed by atoms with Crippen LogP contribution >= 0.6 is 0 Å². The molecule has 0 aliphatic rings. The summed E-state index contributed by atoms with van der Waals surface area (Å²) in [5.41, 5.74) is 14.0. The van der Waals surface area contributed by atoms with Gasteiger partial charge in [0.25, 0.3) is 0 Å². The Bertz CT molecular complexity index is 3210. The maximum absolute atomic E-state index is 6.63. The number of hydrogen-bond acceptors (Lipinski definition) is 4. The van der Waals surface area contributed by atoms with Gasteiger partial charge in [-0.2, -0.15) is 0 Å². The number of rotatable bonds is 6. The molecule has 0 spiro atoms. The number of benzene rings is 8. The van der Waals surface area contributed by atoms with E-state index in [1.165, 1.54) is 5.39 Å². The second kappa shape index (κ2) is 13.6. The van der Waals surface area contributed by atoms with E-state index in [1.54, 1.807) is 0 Å². The number of fused-ring (bicyclic) bond motifs is 6. The Kier molecular flexibility index (Phi) is 7.78. The Morgan fingerprint density at radius 2 is 0.877 bits per heavy atom. The molecule has 0 aliphatic heterocycles. The van der Waals surface area contributed by atoms with Crippen LogP contribution in [-0.2, 0) is 0 Å². The van der Waals surface area contributed by atoms with Crippen molar-refractivity contribution in [1.82, 2.24) is 15.0 Å². The lowest BCUT2D eigenvalue weighted by Gasteiger charge is -2.16. The minimum absolute atomic E-state index is 0.704. The van der Waals surface area contributed by atoms with E-state index in [1.807, 2.05) is 48.5 Å². The largest absolute Gasteiger partial charge is 0.456 e. The third-order valence-electron chi connectivity index (χ3n) is 10.9. The predicted octanol–water partition coefficient (Wildman–Crippen LogP) is 14.1. The summed E-state index contributed by atoms with van der Waals surface area (Å²) in [6.07, 6.45) is 0. The fourth-order valence-electron chi connectivity index (χ4n) is 8.18. The van der Waals surface area contributed by atoms with Gasteiger partial charge in [0.05, 0.1) is 22.6 Å². The summed E-state index contributed by atoms with van der Waals surface area (Å²) in [5, 5.41) is 5.53. The predicted molar refractivity (Wildman–Crippen MR) is 235 cm³/mol. The van der Waals surface area contributed by atoms with Crippen LogP contribution in [-0.4, -0.2) is 15.0 Å². The zero-order chi connectivity index (χ0) is 37.7. The number of para-hydroxylation sites is 2. The van der Waals surface area contributed by atoms with Gasteiger partial charge in [0.1, 0.15) is 11.2 Å². The van der Waals surface area contributed by atoms with Crippen molar-refractivity contribution in [1.29, 1.82) is 0 Å². The van der Waals surface area contributed by atoms with Gasteiger partial charge < -0.3 is 4.42 Å². The molecule has 11 aromatic rings. The van der Waals surface area contributed by atoms with Crippen LogP contribution in [0.15, 0.2) is 205 Å². The highest BCUT2D eigenvalue weighted by atomic mass is 16.3. The molecule has 266 valence electrons. The highest BCUT2D eigenvalue weighted by molar-refractivity contribution is 6.27. The Morgan fingerprint density at radius 1 is 0.316 bits per heavy atom. The minimum Gasteiger partial charge on any atom is -0.456 e. The lowest BCUT2D eigenvalue weighted by atomic mass is 9.88. The third-order valence-corrected chi connectivity index (χ3v) is 10.9. The summed E-state index contributed by atoms with van der Waals surface area (Å²) in [7, 11) is 0. The number of furan rings is 1. The van der Waals surface area contributed by atoms with Crippen molar-refractivity contribution in [3.63, 3.8) is 0 Å². The zero-order valence-corrected chi connectivity index (χ0v) is 30.8. The van der Waals surface area contributed by atoms with Crippen molar-refractivity contribution in [2.24, 2.45) is 0 Å². The molecule has 0 unspecified atom stereocenters. The van der Waals surface area contributed by atoms with Gasteiger partial charge in [-0.25, -0.2) is 15.0 Å². The standard InChI is InChI=1S/C53H33N3O/c1-4-15-35(16-5-1)45-33-46(56-53(55-45)38-19-8-3-9-20-38)36-29-27-34(28-30-36)39-21-14-22-40(31-39)49-50-41-23-10-12-25-44(41)54-52(37-17-6-2-7-18-37)43(50)32-48-51(49)42-24-11-13-26-47(42)57-48/h1-33H. The topological polar surface area (TPSA) is 51.8 Å². The SMILES string of the molecule is c1ccc(-c2cc(-c3ccc(-c4cccc(-c5c6c(cc7c(-c8ccccc8)nc8ccccc8c57)oc5ccccc56)c4)cc3)nc(-c3ccccc3)n2)cc1. The van der Waals surface area contributed by atoms with Crippen LogP contribution in [0.4, 0.5) is 0 Å². The first-order valence-electron chi connectivity index (χ1n) is 19.2. The van der Waals surface area contributed by atoms with Gasteiger partial charge in [-0.15, -0.1) is 0 Å². The zero-order valence-electron chi connectivity index (χ0n) is 30.8. The highest BCUT2D eigenvalue weighted by Crippen LogP contribution is 2.46. The molecule has 8 aromatic carbocycles. The quantitative estimate of drug-likeness (QED) is 0.160. The normalized spacial score (nSPS) is 11.5. The molecule has 0 radical (unpaired) electrons. The molecule has 4 nitrogen and oxygen atoms in total. The summed E-state index contributed by atoms with van der Waals surface area (Å²) in [6, 6.07) is 69.7. The maximum atomic E-state index is 6.63. The van der Waals surface area contributed by atoms with Crippen LogP contribution in [0.2, 0.25) is 0 Å². The molecule has 4 heteroatoms. The molecule has 57 heavy (non-hydrogen) atoms. The van der Waals surface area contributed by atoms with Gasteiger partial charge in [0.2, 0.25) is 0 Å². The van der Waals surface area contributed by atoms with E-state index in [2.05, 4.69) is 152 Å². The van der Waals surface area contributed by atoms with Crippen LogP contribution in [0, 0.1) is 0 Å². The summed E-state index contributed by atoms with van der Waals surface area (Å²) in [6.45, 7) is 0. The van der Waals surface area contributed by atoms with Crippen molar-refractivity contribution in [2.45, 2.75) is 0 Å². The van der Waals surface area contributed by atoms with E-state index in [0.29, 0.717) is 5.82 Å². The molecule has 0 fully saturated rings. The molecule has 0 amide bonds. The first kappa shape index (κ1) is 32.7. The Labute approximate surface area is 329 Å². The van der Waals surface area contributed by atoms with Crippen molar-refractivity contribution < 1.29 is 4.42 Å². The van der Waals surface area contributed by atoms with E-state index < -0.39 is 0 Å². The van der Waals surface area contributed by atoms with Crippen molar-refractivity contribution in [3.8, 4) is 67.4 Å². The van der Waals surface area contributed by atoms with Crippen LogP contribution in [0.1, 0.15) is 0 Å². The molecule has 0 N–H and O–H groups in total. The average molecular weight is 728 g/mol. The van der Waals surface area contributed by atoms with Crippen molar-refractivity contribution in [2.75, 3.05) is 0 Å². The van der Waals surface area contributed by atoms with Crippen LogP contribution in [0.25, 0.3) is 111 Å². The summed E-state index contributed by atoms with van der Waals surface area (Å²) in [5.74, 6) is 0.704. The van der Waals surface area contributed by atoms with Gasteiger partial charge in [-0.3, -0.25) is 0 Å². The van der Waals surface area contributed by atoms with E-state index in [-0.39, 0.29) is 0 Å². The molecule has 0 saturated heterocycles. The minimum atomic E-state index is 0.704. The van der Waals surface area contributed by atoms with Crippen LogP contribution in [0.5, 0.6) is 0 Å². The van der Waals surface area contributed by atoms with Crippen LogP contribution < -0.4 is 0 Å². The number of nitrogens with zero attached hydrogens (tertiary/aromatic N) is 3. The van der Waals surface area contributed by atoms with E-state index in [9.17, 15) is 0 Å². The summed E-state index contributed by atoms with van der Waals surface area (Å²) >= 11 is 0. The number of pyridine rings is 1. The van der Waals surface area contributed by atoms with Crippen molar-refractivity contribution in [3.05, 3.63) is 200 Å². The molecule has 3 aromatic heterocycles. The van der Waals surface area contributed by atoms with E-state index in [0.717, 1.165) is 99.8 Å². The van der Waals surface area contributed by atoms with Crippen LogP contribution in [0.3, 0.4) is 0 Å². The second-order valence-electron chi connectivity index (χ2n) is 14.3. The Balaban J connectivity index is 1.09. The van der Waals surface area contributed by atoms with Gasteiger partial charge in [-0.1, -0.05) is 170 Å². The van der Waals surface area contributed by atoms with E-state index >= 15 is 0 Å². The molecule has 0 aliphatic carbocycles. The summed E-state index contributed by atoms with van der Waals surface area (Å²) in [4.78, 5) is 15.3. The van der Waals surface area contributed by atoms with Crippen molar-refractivity contribution >= 4 is 43.6 Å². The molecule has 11 rings (SSSR count). The van der Waals surface area contributed by atoms with Gasteiger partial charge in [0.15, 0.2) is 5.82 Å². The highest BCUT2D eigenvalue weighted by Gasteiger charge is 2.22. The second-order valence-corrected chi connectivity index (χ2v) is 14.3. The monoisotopic (exact) mass is 727 g/mol. The molecule has 0 saturated carbocycles. The lowest BCUT2D eigenvalue weighted by molar-refractivity contribution is 0.669. The Morgan fingerprint density at radius 3 is 1.61 bits per heavy atom. The molecule has 3 heterocycles. The fraction of sp³-hybridized carbons (Fsp3) is 0. The summed E-state index contributed by atoms with van der Waals surface area (Å²) < 4.78 is 6.63. The average Bonchev–Trinajstić information content (AvgIpc) is 3.67. The first-order valence-corrected chi connectivity index (χ1v) is 19.2. The number of aromatic nitrogens is 3. The fourth-order valence-corrected chi connectivity index (χ4v) is 8.18.